The van der Waals surface area contributed by atoms with Crippen LogP contribution < -0.4 is 15.9 Å². The molecule has 146 valence electrons. The topological polar surface area (TPSA) is 37.3 Å². The van der Waals surface area contributed by atoms with Gasteiger partial charge in [-0.25, -0.2) is 4.79 Å². The first-order valence-electron chi connectivity index (χ1n) is 10.2. The minimum Gasteiger partial charge on any atom is -0.478 e. The van der Waals surface area contributed by atoms with E-state index < -0.39 is 13.2 Å². The molecule has 4 aromatic rings. The lowest BCUT2D eigenvalue weighted by molar-refractivity contribution is -0.131. The molecule has 0 unspecified atom stereocenters. The van der Waals surface area contributed by atoms with Gasteiger partial charge in [0, 0.05) is 5.56 Å². The number of carbonyl (C=O) groups is 1. The Hall–Kier alpha value is -3.48. The molecule has 0 aliphatic carbocycles. The summed E-state index contributed by atoms with van der Waals surface area (Å²) in [6, 6.07) is 39.1. The Balaban J connectivity index is 2.24. The molecule has 0 aliphatic heterocycles. The zero-order valence-corrected chi connectivity index (χ0v) is 17.2. The SMILES string of the molecule is [2H]/C(C(=O)O)=C(\c1ccccc1)[P+](c1ccccc1)(c1ccccc1)c1ccccc1. The zero-order valence-electron chi connectivity index (χ0n) is 17.3. The second kappa shape index (κ2) is 8.90. The molecule has 0 fully saturated rings. The molecule has 0 bridgehead atoms. The lowest BCUT2D eigenvalue weighted by atomic mass is 10.2. The van der Waals surface area contributed by atoms with E-state index in [1.165, 1.54) is 0 Å². The number of benzene rings is 4. The molecular weight excluding hydrogens is 387 g/mol. The highest BCUT2D eigenvalue weighted by atomic mass is 31.2. The van der Waals surface area contributed by atoms with E-state index in [0.717, 1.165) is 21.5 Å². The van der Waals surface area contributed by atoms with Gasteiger partial charge in [-0.15, -0.1) is 0 Å². The molecular formula is C27H22O2P+. The van der Waals surface area contributed by atoms with Gasteiger partial charge in [0.2, 0.25) is 0 Å². The summed E-state index contributed by atoms with van der Waals surface area (Å²) >= 11 is 0. The Morgan fingerprint density at radius 1 is 0.633 bits per heavy atom. The number of rotatable bonds is 6. The predicted octanol–water partition coefficient (Wildman–Crippen LogP) is 5.11. The van der Waals surface area contributed by atoms with Crippen LogP contribution in [0.5, 0.6) is 0 Å². The van der Waals surface area contributed by atoms with E-state index >= 15 is 0 Å². The van der Waals surface area contributed by atoms with E-state index in [1.807, 2.05) is 121 Å². The van der Waals surface area contributed by atoms with Crippen LogP contribution in [0.25, 0.3) is 5.31 Å². The smallest absolute Gasteiger partial charge is 0.332 e. The van der Waals surface area contributed by atoms with Gasteiger partial charge in [0.05, 0.1) is 7.42 Å². The fraction of sp³-hybridized carbons (Fsp3) is 0. The van der Waals surface area contributed by atoms with Crippen molar-refractivity contribution in [2.45, 2.75) is 0 Å². The third-order valence-electron chi connectivity index (χ3n) is 5.04. The lowest BCUT2D eigenvalue weighted by Crippen LogP contribution is -2.32. The Bertz CT molecular complexity index is 1090. The van der Waals surface area contributed by atoms with Crippen LogP contribution in [0.4, 0.5) is 0 Å². The molecule has 4 aromatic carbocycles. The van der Waals surface area contributed by atoms with Crippen molar-refractivity contribution in [2.75, 3.05) is 0 Å². The highest BCUT2D eigenvalue weighted by Gasteiger charge is 2.50. The van der Waals surface area contributed by atoms with E-state index in [2.05, 4.69) is 0 Å². The summed E-state index contributed by atoms with van der Waals surface area (Å²) in [4.78, 5) is 12.2. The Kier molecular flexibility index (Phi) is 5.50. The van der Waals surface area contributed by atoms with Gasteiger partial charge in [0.1, 0.15) is 28.5 Å². The highest BCUT2D eigenvalue weighted by Crippen LogP contribution is 2.66. The zero-order chi connectivity index (χ0) is 21.7. The van der Waals surface area contributed by atoms with Crippen molar-refractivity contribution in [1.29, 1.82) is 0 Å². The number of aliphatic carboxylic acids is 1. The maximum atomic E-state index is 12.2. The summed E-state index contributed by atoms with van der Waals surface area (Å²) in [6.07, 6.45) is 0. The molecule has 0 saturated carbocycles. The van der Waals surface area contributed by atoms with E-state index in [1.54, 1.807) is 0 Å². The van der Waals surface area contributed by atoms with Crippen molar-refractivity contribution in [1.82, 2.24) is 0 Å². The fourth-order valence-corrected chi connectivity index (χ4v) is 8.16. The van der Waals surface area contributed by atoms with Crippen LogP contribution in [0.15, 0.2) is 127 Å². The fourth-order valence-electron chi connectivity index (χ4n) is 3.84. The first-order valence-corrected chi connectivity index (χ1v) is 11.5. The molecule has 0 saturated heterocycles. The Morgan fingerprint density at radius 2 is 0.967 bits per heavy atom. The van der Waals surface area contributed by atoms with Crippen molar-refractivity contribution in [2.24, 2.45) is 0 Å². The van der Waals surface area contributed by atoms with Crippen LogP contribution in [0.2, 0.25) is 0 Å². The van der Waals surface area contributed by atoms with Gasteiger partial charge < -0.3 is 5.11 Å². The number of hydrogen-bond acceptors (Lipinski definition) is 1. The molecule has 0 aromatic heterocycles. The van der Waals surface area contributed by atoms with E-state index in [0.29, 0.717) is 5.31 Å². The van der Waals surface area contributed by atoms with Crippen molar-refractivity contribution >= 4 is 34.5 Å². The highest BCUT2D eigenvalue weighted by molar-refractivity contribution is 8.03. The van der Waals surface area contributed by atoms with Crippen molar-refractivity contribution in [3.05, 3.63) is 133 Å². The molecule has 0 amide bonds. The van der Waals surface area contributed by atoms with E-state index in [4.69, 9.17) is 1.37 Å². The summed E-state index contributed by atoms with van der Waals surface area (Å²) in [5.74, 6) is -1.23. The van der Waals surface area contributed by atoms with Crippen molar-refractivity contribution in [3.8, 4) is 0 Å². The van der Waals surface area contributed by atoms with Crippen LogP contribution in [-0.2, 0) is 4.79 Å². The Morgan fingerprint density at radius 3 is 1.30 bits per heavy atom. The predicted molar refractivity (Wildman–Crippen MR) is 127 cm³/mol. The second-order valence-corrected chi connectivity index (χ2v) is 10.2. The average Bonchev–Trinajstić information content (AvgIpc) is 2.84. The molecule has 0 atom stereocenters. The van der Waals surface area contributed by atoms with Gasteiger partial charge in [-0.1, -0.05) is 84.9 Å². The molecule has 0 heterocycles. The van der Waals surface area contributed by atoms with Gasteiger partial charge in [0.25, 0.3) is 0 Å². The number of carboxylic acids is 1. The molecule has 2 nitrogen and oxygen atoms in total. The second-order valence-electron chi connectivity index (χ2n) is 6.82. The van der Waals surface area contributed by atoms with E-state index in [-0.39, 0.29) is 6.05 Å². The molecule has 0 spiro atoms. The summed E-state index contributed by atoms with van der Waals surface area (Å²) in [5.41, 5.74) is 0.750. The minimum absolute atomic E-state index is 0.379. The normalized spacial score (nSPS) is 12.6. The van der Waals surface area contributed by atoms with Gasteiger partial charge in [-0.3, -0.25) is 0 Å². The van der Waals surface area contributed by atoms with Crippen LogP contribution in [-0.4, -0.2) is 11.1 Å². The summed E-state index contributed by atoms with van der Waals surface area (Å²) in [6.45, 7) is 0. The maximum absolute atomic E-state index is 12.2. The molecule has 0 aliphatic rings. The maximum Gasteiger partial charge on any atom is 0.332 e. The number of carboxylic acid groups (broad SMARTS) is 1. The summed E-state index contributed by atoms with van der Waals surface area (Å²) in [5, 5.41) is 13.6. The van der Waals surface area contributed by atoms with Gasteiger partial charge in [-0.2, -0.15) is 0 Å². The number of hydrogen-bond donors (Lipinski definition) is 1. The average molecular weight is 410 g/mol. The van der Waals surface area contributed by atoms with Crippen molar-refractivity contribution < 1.29 is 11.3 Å². The summed E-state index contributed by atoms with van der Waals surface area (Å²) < 4.78 is 8.73. The van der Waals surface area contributed by atoms with Crippen molar-refractivity contribution in [3.63, 3.8) is 0 Å². The molecule has 4 rings (SSSR count). The molecule has 30 heavy (non-hydrogen) atoms. The van der Waals surface area contributed by atoms with Crippen LogP contribution in [0.3, 0.4) is 0 Å². The van der Waals surface area contributed by atoms with Gasteiger partial charge >= 0.3 is 5.97 Å². The Labute approximate surface area is 178 Å². The van der Waals surface area contributed by atoms with Gasteiger partial charge in [0.15, 0.2) is 0 Å². The van der Waals surface area contributed by atoms with Crippen LogP contribution in [0, 0.1) is 0 Å². The first kappa shape index (κ1) is 18.5. The third kappa shape index (κ3) is 3.70. The lowest BCUT2D eigenvalue weighted by Gasteiger charge is -2.29. The molecule has 0 radical (unpaired) electrons. The van der Waals surface area contributed by atoms with Crippen LogP contribution >= 0.6 is 7.26 Å². The first-order chi connectivity index (χ1) is 15.2. The minimum atomic E-state index is -2.68. The van der Waals surface area contributed by atoms with E-state index in [9.17, 15) is 9.90 Å². The standard InChI is InChI=1S/C27H21O2P/c28-27(29)21-26(22-13-5-1-6-14-22)30(23-15-7-2-8-16-23,24-17-9-3-10-18-24)25-19-11-4-12-20-25/h1-21H/p+1/b26-21-/i21D. The quantitative estimate of drug-likeness (QED) is 0.354. The largest absolute Gasteiger partial charge is 0.478 e. The summed E-state index contributed by atoms with van der Waals surface area (Å²) in [7, 11) is -2.68. The monoisotopic (exact) mass is 410 g/mol. The molecule has 3 heteroatoms. The third-order valence-corrected chi connectivity index (χ3v) is 9.30. The van der Waals surface area contributed by atoms with Crippen LogP contribution in [0.1, 0.15) is 6.93 Å². The molecule has 1 N–H and O–H groups in total. The van der Waals surface area contributed by atoms with Gasteiger partial charge in [-0.05, 0) is 36.4 Å².